The van der Waals surface area contributed by atoms with E-state index in [9.17, 15) is 0 Å². The summed E-state index contributed by atoms with van der Waals surface area (Å²) in [5.74, 6) is 0.556. The van der Waals surface area contributed by atoms with Crippen LogP contribution in [0.5, 0.6) is 0 Å². The normalized spacial score (nSPS) is 21.5. The van der Waals surface area contributed by atoms with E-state index in [1.165, 1.54) is 5.56 Å². The maximum absolute atomic E-state index is 8.71. The Labute approximate surface area is 78.4 Å². The summed E-state index contributed by atoms with van der Waals surface area (Å²) in [4.78, 5) is 1.83. The fraction of sp³-hybridized carbons (Fsp3) is 0.364. The molecule has 66 valence electrons. The standard InChI is InChI=1S/C11H12N2/c12-9-13-7-6-11(8-13)10-4-2-1-3-5-10/h1-5,11H,6-8H2. The summed E-state index contributed by atoms with van der Waals surface area (Å²) in [5, 5.41) is 8.71. The second-order valence-electron chi connectivity index (χ2n) is 3.44. The molecule has 2 heteroatoms. The van der Waals surface area contributed by atoms with E-state index in [2.05, 4.69) is 30.5 Å². The van der Waals surface area contributed by atoms with Crippen LogP contribution in [0.3, 0.4) is 0 Å². The number of rotatable bonds is 1. The molecule has 1 aromatic carbocycles. The largest absolute Gasteiger partial charge is 0.310 e. The minimum Gasteiger partial charge on any atom is -0.310 e. The molecule has 1 aliphatic rings. The second-order valence-corrected chi connectivity index (χ2v) is 3.44. The van der Waals surface area contributed by atoms with Gasteiger partial charge in [0, 0.05) is 19.0 Å². The second kappa shape index (κ2) is 3.49. The van der Waals surface area contributed by atoms with E-state index in [1.54, 1.807) is 0 Å². The molecular formula is C11H12N2. The highest BCUT2D eigenvalue weighted by molar-refractivity contribution is 5.21. The van der Waals surface area contributed by atoms with Crippen LogP contribution in [-0.2, 0) is 0 Å². The molecule has 1 aliphatic heterocycles. The van der Waals surface area contributed by atoms with Gasteiger partial charge in [-0.05, 0) is 12.0 Å². The lowest BCUT2D eigenvalue weighted by Gasteiger charge is -2.09. The molecule has 1 fully saturated rings. The molecule has 1 unspecified atom stereocenters. The van der Waals surface area contributed by atoms with E-state index in [0.717, 1.165) is 19.5 Å². The molecule has 0 N–H and O–H groups in total. The first-order chi connectivity index (χ1) is 6.40. The van der Waals surface area contributed by atoms with Crippen molar-refractivity contribution >= 4 is 0 Å². The molecule has 13 heavy (non-hydrogen) atoms. The van der Waals surface area contributed by atoms with Crippen LogP contribution in [0.15, 0.2) is 30.3 Å². The molecule has 0 radical (unpaired) electrons. The topological polar surface area (TPSA) is 27.0 Å². The Hall–Kier alpha value is -1.49. The Kier molecular flexibility index (Phi) is 2.18. The molecule has 0 saturated carbocycles. The molecule has 0 bridgehead atoms. The van der Waals surface area contributed by atoms with Gasteiger partial charge in [0.2, 0.25) is 0 Å². The molecule has 1 heterocycles. The average molecular weight is 172 g/mol. The SMILES string of the molecule is N#CN1CCC(c2ccccc2)C1. The maximum Gasteiger partial charge on any atom is 0.179 e. The Bertz CT molecular complexity index is 313. The molecule has 2 rings (SSSR count). The summed E-state index contributed by atoms with van der Waals surface area (Å²) in [7, 11) is 0. The monoisotopic (exact) mass is 172 g/mol. The van der Waals surface area contributed by atoms with Crippen LogP contribution in [0.4, 0.5) is 0 Å². The summed E-state index contributed by atoms with van der Waals surface area (Å²) in [6.07, 6.45) is 3.31. The van der Waals surface area contributed by atoms with Gasteiger partial charge in [-0.15, -0.1) is 0 Å². The number of hydrogen-bond acceptors (Lipinski definition) is 2. The van der Waals surface area contributed by atoms with Gasteiger partial charge in [0.05, 0.1) is 0 Å². The van der Waals surface area contributed by atoms with Gasteiger partial charge >= 0.3 is 0 Å². The van der Waals surface area contributed by atoms with Gasteiger partial charge in [0.1, 0.15) is 0 Å². The molecule has 1 saturated heterocycles. The van der Waals surface area contributed by atoms with Crippen molar-refractivity contribution in [2.45, 2.75) is 12.3 Å². The first kappa shape index (κ1) is 8.12. The summed E-state index contributed by atoms with van der Waals surface area (Å²) in [6.45, 7) is 1.80. The Morgan fingerprint density at radius 3 is 2.69 bits per heavy atom. The Morgan fingerprint density at radius 2 is 2.08 bits per heavy atom. The van der Waals surface area contributed by atoms with E-state index in [1.807, 2.05) is 11.0 Å². The lowest BCUT2D eigenvalue weighted by Crippen LogP contribution is -2.12. The van der Waals surface area contributed by atoms with Gasteiger partial charge in [-0.3, -0.25) is 0 Å². The number of hydrogen-bond donors (Lipinski definition) is 0. The highest BCUT2D eigenvalue weighted by Crippen LogP contribution is 2.25. The number of benzene rings is 1. The van der Waals surface area contributed by atoms with Crippen LogP contribution in [-0.4, -0.2) is 18.0 Å². The van der Waals surface area contributed by atoms with Crippen LogP contribution in [0.1, 0.15) is 17.9 Å². The lowest BCUT2D eigenvalue weighted by atomic mass is 9.99. The minimum atomic E-state index is 0.556. The molecule has 0 aromatic heterocycles. The van der Waals surface area contributed by atoms with Gasteiger partial charge in [-0.25, -0.2) is 0 Å². The average Bonchev–Trinajstić information content (AvgIpc) is 2.67. The number of nitriles is 1. The van der Waals surface area contributed by atoms with Crippen LogP contribution in [0, 0.1) is 11.5 Å². The minimum absolute atomic E-state index is 0.556. The first-order valence-electron chi connectivity index (χ1n) is 4.60. The zero-order chi connectivity index (χ0) is 9.10. The van der Waals surface area contributed by atoms with Crippen molar-refractivity contribution in [3.8, 4) is 6.19 Å². The highest BCUT2D eigenvalue weighted by Gasteiger charge is 2.22. The van der Waals surface area contributed by atoms with Crippen molar-refractivity contribution in [1.29, 1.82) is 5.26 Å². The summed E-state index contributed by atoms with van der Waals surface area (Å²) < 4.78 is 0. The summed E-state index contributed by atoms with van der Waals surface area (Å²) >= 11 is 0. The third kappa shape index (κ3) is 1.65. The lowest BCUT2D eigenvalue weighted by molar-refractivity contribution is 0.479. The van der Waals surface area contributed by atoms with Gasteiger partial charge < -0.3 is 4.90 Å². The quantitative estimate of drug-likeness (QED) is 0.605. The van der Waals surface area contributed by atoms with Crippen molar-refractivity contribution in [3.63, 3.8) is 0 Å². The maximum atomic E-state index is 8.71. The fourth-order valence-electron chi connectivity index (χ4n) is 1.85. The molecule has 1 atom stereocenters. The Balaban J connectivity index is 2.09. The smallest absolute Gasteiger partial charge is 0.179 e. The fourth-order valence-corrected chi connectivity index (χ4v) is 1.85. The van der Waals surface area contributed by atoms with Gasteiger partial charge in [-0.1, -0.05) is 30.3 Å². The third-order valence-electron chi connectivity index (χ3n) is 2.60. The summed E-state index contributed by atoms with van der Waals surface area (Å²) in [5.41, 5.74) is 1.36. The third-order valence-corrected chi connectivity index (χ3v) is 2.60. The molecule has 0 amide bonds. The van der Waals surface area contributed by atoms with Crippen LogP contribution in [0.2, 0.25) is 0 Å². The van der Waals surface area contributed by atoms with Crippen LogP contribution >= 0.6 is 0 Å². The summed E-state index contributed by atoms with van der Waals surface area (Å²) in [6, 6.07) is 10.4. The van der Waals surface area contributed by atoms with Crippen LogP contribution < -0.4 is 0 Å². The van der Waals surface area contributed by atoms with Crippen molar-refractivity contribution in [1.82, 2.24) is 4.90 Å². The highest BCUT2D eigenvalue weighted by atomic mass is 15.1. The number of nitrogens with zero attached hydrogens (tertiary/aromatic N) is 2. The Morgan fingerprint density at radius 1 is 1.31 bits per heavy atom. The van der Waals surface area contributed by atoms with E-state index in [0.29, 0.717) is 5.92 Å². The predicted molar refractivity (Wildman–Crippen MR) is 51.0 cm³/mol. The van der Waals surface area contributed by atoms with Crippen LogP contribution in [0.25, 0.3) is 0 Å². The van der Waals surface area contributed by atoms with Crippen molar-refractivity contribution in [2.75, 3.05) is 13.1 Å². The number of likely N-dealkylation sites (tertiary alicyclic amines) is 1. The van der Waals surface area contributed by atoms with Crippen molar-refractivity contribution in [2.24, 2.45) is 0 Å². The molecule has 0 aliphatic carbocycles. The van der Waals surface area contributed by atoms with E-state index >= 15 is 0 Å². The molecule has 2 nitrogen and oxygen atoms in total. The first-order valence-corrected chi connectivity index (χ1v) is 4.60. The zero-order valence-corrected chi connectivity index (χ0v) is 7.48. The van der Waals surface area contributed by atoms with E-state index < -0.39 is 0 Å². The van der Waals surface area contributed by atoms with E-state index in [-0.39, 0.29) is 0 Å². The van der Waals surface area contributed by atoms with Crippen molar-refractivity contribution in [3.05, 3.63) is 35.9 Å². The van der Waals surface area contributed by atoms with Gasteiger partial charge in [-0.2, -0.15) is 5.26 Å². The van der Waals surface area contributed by atoms with Gasteiger partial charge in [0.15, 0.2) is 6.19 Å². The molecular weight excluding hydrogens is 160 g/mol. The molecule has 0 spiro atoms. The van der Waals surface area contributed by atoms with E-state index in [4.69, 9.17) is 5.26 Å². The van der Waals surface area contributed by atoms with Gasteiger partial charge in [0.25, 0.3) is 0 Å². The zero-order valence-electron chi connectivity index (χ0n) is 7.48. The van der Waals surface area contributed by atoms with Crippen molar-refractivity contribution < 1.29 is 0 Å². The molecule has 1 aromatic rings. The predicted octanol–water partition coefficient (Wildman–Crippen LogP) is 1.96.